The molecule has 0 saturated heterocycles. The maximum atomic E-state index is 11.2. The number of aromatic nitrogens is 2. The number of rotatable bonds is 4. The van der Waals surface area contributed by atoms with Crippen molar-refractivity contribution in [1.82, 2.24) is 10.2 Å². The Balaban J connectivity index is 2.07. The molecule has 0 unspecified atom stereocenters. The van der Waals surface area contributed by atoms with E-state index in [1.807, 2.05) is 31.2 Å². The molecule has 0 aliphatic rings. The van der Waals surface area contributed by atoms with Gasteiger partial charge in [0.05, 0.1) is 18.5 Å². The van der Waals surface area contributed by atoms with Crippen LogP contribution in [0.1, 0.15) is 24.6 Å². The zero-order valence-corrected chi connectivity index (χ0v) is 10.6. The van der Waals surface area contributed by atoms with E-state index < -0.39 is 0 Å². The summed E-state index contributed by atoms with van der Waals surface area (Å²) in [5, 5.41) is 8.27. The van der Waals surface area contributed by atoms with Crippen molar-refractivity contribution in [3.63, 3.8) is 0 Å². The van der Waals surface area contributed by atoms with Gasteiger partial charge in [-0.3, -0.25) is 9.89 Å². The summed E-state index contributed by atoms with van der Waals surface area (Å²) in [5.74, 6) is -0.203. The molecule has 0 bridgehead atoms. The third-order valence-electron chi connectivity index (χ3n) is 2.67. The van der Waals surface area contributed by atoms with Crippen LogP contribution in [0.15, 0.2) is 24.3 Å². The highest BCUT2D eigenvalue weighted by atomic mass is 16.5. The van der Waals surface area contributed by atoms with Gasteiger partial charge in [-0.05, 0) is 25.5 Å². The third-order valence-corrected chi connectivity index (χ3v) is 2.67. The van der Waals surface area contributed by atoms with E-state index in [1.54, 1.807) is 13.0 Å². The van der Waals surface area contributed by atoms with Crippen LogP contribution in [0.4, 0.5) is 0 Å². The number of fused-ring (bicyclic) bond motifs is 1. The van der Waals surface area contributed by atoms with Crippen LogP contribution in [0.25, 0.3) is 17.0 Å². The molecular weight excluding hydrogens is 228 g/mol. The number of benzene rings is 1. The van der Waals surface area contributed by atoms with Crippen LogP contribution < -0.4 is 0 Å². The smallest absolute Gasteiger partial charge is 0.309 e. The molecule has 18 heavy (non-hydrogen) atoms. The number of ether oxygens (including phenoxy) is 1. The molecule has 0 radical (unpaired) electrons. The van der Waals surface area contributed by atoms with E-state index in [-0.39, 0.29) is 5.97 Å². The lowest BCUT2D eigenvalue weighted by Crippen LogP contribution is -2.01. The number of hydrogen-bond acceptors (Lipinski definition) is 3. The second-order valence-electron chi connectivity index (χ2n) is 4.04. The highest BCUT2D eigenvalue weighted by molar-refractivity contribution is 5.83. The average Bonchev–Trinajstić information content (AvgIpc) is 2.71. The van der Waals surface area contributed by atoms with Crippen molar-refractivity contribution < 1.29 is 9.53 Å². The Morgan fingerprint density at radius 2 is 2.33 bits per heavy atom. The van der Waals surface area contributed by atoms with Gasteiger partial charge < -0.3 is 4.74 Å². The van der Waals surface area contributed by atoms with Crippen LogP contribution in [0.2, 0.25) is 0 Å². The molecule has 4 heteroatoms. The summed E-state index contributed by atoms with van der Waals surface area (Å²) in [7, 11) is 0. The van der Waals surface area contributed by atoms with E-state index in [0.717, 1.165) is 22.2 Å². The molecule has 94 valence electrons. The van der Waals surface area contributed by atoms with Gasteiger partial charge in [0.25, 0.3) is 0 Å². The van der Waals surface area contributed by atoms with E-state index >= 15 is 0 Å². The van der Waals surface area contributed by atoms with Crippen LogP contribution in [0.3, 0.4) is 0 Å². The molecule has 2 aromatic rings. The number of hydrogen-bond donors (Lipinski definition) is 1. The summed E-state index contributed by atoms with van der Waals surface area (Å²) >= 11 is 0. The number of aromatic amines is 1. The monoisotopic (exact) mass is 244 g/mol. The van der Waals surface area contributed by atoms with Gasteiger partial charge in [-0.1, -0.05) is 24.3 Å². The standard InChI is InChI=1S/C14H16N2O2/c1-3-18-14(17)6-4-5-11-7-8-12-10(2)15-16-13(12)9-11/h4-5,7-9H,3,6H2,1-2H3,(H,15,16). The molecule has 0 spiro atoms. The Labute approximate surface area is 106 Å². The first-order valence-corrected chi connectivity index (χ1v) is 5.97. The lowest BCUT2D eigenvalue weighted by atomic mass is 10.1. The summed E-state index contributed by atoms with van der Waals surface area (Å²) in [6, 6.07) is 6.02. The molecule has 2 rings (SSSR count). The van der Waals surface area contributed by atoms with Crippen molar-refractivity contribution >= 4 is 22.9 Å². The van der Waals surface area contributed by atoms with Gasteiger partial charge in [0.2, 0.25) is 0 Å². The van der Waals surface area contributed by atoms with Gasteiger partial charge in [0.1, 0.15) is 0 Å². The molecule has 1 heterocycles. The minimum atomic E-state index is -0.203. The molecule has 0 fully saturated rings. The van der Waals surface area contributed by atoms with Crippen LogP contribution in [0, 0.1) is 6.92 Å². The van der Waals surface area contributed by atoms with Gasteiger partial charge >= 0.3 is 5.97 Å². The number of esters is 1. The molecule has 0 aliphatic heterocycles. The van der Waals surface area contributed by atoms with E-state index in [1.165, 1.54) is 0 Å². The van der Waals surface area contributed by atoms with Crippen molar-refractivity contribution in [2.45, 2.75) is 20.3 Å². The van der Waals surface area contributed by atoms with E-state index in [2.05, 4.69) is 10.2 Å². The molecular formula is C14H16N2O2. The highest BCUT2D eigenvalue weighted by Gasteiger charge is 2.01. The van der Waals surface area contributed by atoms with Crippen molar-refractivity contribution in [1.29, 1.82) is 0 Å². The van der Waals surface area contributed by atoms with Crippen molar-refractivity contribution in [2.24, 2.45) is 0 Å². The minimum Gasteiger partial charge on any atom is -0.466 e. The summed E-state index contributed by atoms with van der Waals surface area (Å²) in [6.07, 6.45) is 4.00. The van der Waals surface area contributed by atoms with E-state index in [9.17, 15) is 4.79 Å². The number of carbonyl (C=O) groups excluding carboxylic acids is 1. The Morgan fingerprint density at radius 3 is 3.11 bits per heavy atom. The van der Waals surface area contributed by atoms with E-state index in [0.29, 0.717) is 13.0 Å². The topological polar surface area (TPSA) is 55.0 Å². The first-order chi connectivity index (χ1) is 8.70. The lowest BCUT2D eigenvalue weighted by Gasteiger charge is -1.97. The van der Waals surface area contributed by atoms with Crippen molar-refractivity contribution in [3.8, 4) is 0 Å². The van der Waals surface area contributed by atoms with Crippen LogP contribution in [-0.4, -0.2) is 22.8 Å². The van der Waals surface area contributed by atoms with E-state index in [4.69, 9.17) is 4.74 Å². The number of aryl methyl sites for hydroxylation is 1. The summed E-state index contributed by atoms with van der Waals surface area (Å²) in [4.78, 5) is 11.2. The predicted octanol–water partition coefficient (Wildman–Crippen LogP) is 2.84. The van der Waals surface area contributed by atoms with Gasteiger partial charge in [-0.25, -0.2) is 0 Å². The Kier molecular flexibility index (Phi) is 3.77. The van der Waals surface area contributed by atoms with Crippen molar-refractivity contribution in [3.05, 3.63) is 35.5 Å². The molecule has 0 aliphatic carbocycles. The number of nitrogens with zero attached hydrogens (tertiary/aromatic N) is 1. The maximum absolute atomic E-state index is 11.2. The van der Waals surface area contributed by atoms with Gasteiger partial charge in [0.15, 0.2) is 0 Å². The summed E-state index contributed by atoms with van der Waals surface area (Å²) < 4.78 is 4.85. The Hall–Kier alpha value is -2.10. The van der Waals surface area contributed by atoms with Crippen molar-refractivity contribution in [2.75, 3.05) is 6.61 Å². The fraction of sp³-hybridized carbons (Fsp3) is 0.286. The summed E-state index contributed by atoms with van der Waals surface area (Å²) in [5.41, 5.74) is 3.02. The van der Waals surface area contributed by atoms with Gasteiger partial charge in [-0.15, -0.1) is 0 Å². The fourth-order valence-electron chi connectivity index (χ4n) is 1.78. The zero-order chi connectivity index (χ0) is 13.0. The highest BCUT2D eigenvalue weighted by Crippen LogP contribution is 2.17. The number of nitrogens with one attached hydrogen (secondary N) is 1. The quantitative estimate of drug-likeness (QED) is 0.841. The van der Waals surface area contributed by atoms with Gasteiger partial charge in [-0.2, -0.15) is 5.10 Å². The molecule has 1 aromatic carbocycles. The molecule has 4 nitrogen and oxygen atoms in total. The Bertz CT molecular complexity index is 584. The molecule has 0 amide bonds. The van der Waals surface area contributed by atoms with Crippen LogP contribution >= 0.6 is 0 Å². The Morgan fingerprint density at radius 1 is 1.50 bits per heavy atom. The average molecular weight is 244 g/mol. The molecule has 1 N–H and O–H groups in total. The summed E-state index contributed by atoms with van der Waals surface area (Å²) in [6.45, 7) is 4.21. The van der Waals surface area contributed by atoms with Gasteiger partial charge in [0, 0.05) is 11.1 Å². The molecule has 1 aromatic heterocycles. The van der Waals surface area contributed by atoms with Crippen LogP contribution in [-0.2, 0) is 9.53 Å². The second-order valence-corrected chi connectivity index (χ2v) is 4.04. The largest absolute Gasteiger partial charge is 0.466 e. The third kappa shape index (κ3) is 2.77. The normalized spacial score (nSPS) is 11.2. The minimum absolute atomic E-state index is 0.203. The predicted molar refractivity (Wildman–Crippen MR) is 71.1 cm³/mol. The molecule has 0 saturated carbocycles. The first-order valence-electron chi connectivity index (χ1n) is 5.97. The lowest BCUT2D eigenvalue weighted by molar-refractivity contribution is -0.142. The maximum Gasteiger partial charge on any atom is 0.309 e. The molecule has 0 atom stereocenters. The fourth-order valence-corrected chi connectivity index (χ4v) is 1.78. The zero-order valence-electron chi connectivity index (χ0n) is 10.6. The number of carbonyl (C=O) groups is 1. The SMILES string of the molecule is CCOC(=O)CC=Cc1ccc2c(C)[nH]nc2c1. The number of H-pyrrole nitrogens is 1. The second kappa shape index (κ2) is 5.49. The first kappa shape index (κ1) is 12.4. The van der Waals surface area contributed by atoms with Crippen LogP contribution in [0.5, 0.6) is 0 Å².